The number of rotatable bonds is 5. The first-order valence-corrected chi connectivity index (χ1v) is 7.52. The van der Waals surface area contributed by atoms with E-state index in [9.17, 15) is 0 Å². The fraction of sp³-hybridized carbons (Fsp3) is 1.00. The average molecular weight is 240 g/mol. The van der Waals surface area contributed by atoms with Crippen molar-refractivity contribution in [1.29, 1.82) is 0 Å². The van der Waals surface area contributed by atoms with Gasteiger partial charge in [-0.15, -0.1) is 0 Å². The molecule has 1 saturated heterocycles. The summed E-state index contributed by atoms with van der Waals surface area (Å²) in [7, 11) is 0. The highest BCUT2D eigenvalue weighted by Crippen LogP contribution is 2.18. The van der Waals surface area contributed by atoms with Crippen molar-refractivity contribution in [2.75, 3.05) is 19.6 Å². The van der Waals surface area contributed by atoms with Crippen LogP contribution in [0.3, 0.4) is 0 Å². The van der Waals surface area contributed by atoms with Crippen molar-refractivity contribution in [2.45, 2.75) is 66.0 Å². The van der Waals surface area contributed by atoms with E-state index in [1.165, 1.54) is 38.9 Å². The van der Waals surface area contributed by atoms with Crippen molar-refractivity contribution in [2.24, 2.45) is 11.8 Å². The lowest BCUT2D eigenvalue weighted by Gasteiger charge is -2.34. The van der Waals surface area contributed by atoms with Gasteiger partial charge in [0.05, 0.1) is 0 Å². The maximum Gasteiger partial charge on any atom is 0.0197 e. The molecule has 0 bridgehead atoms. The molecule has 2 heteroatoms. The van der Waals surface area contributed by atoms with Gasteiger partial charge in [0, 0.05) is 18.6 Å². The first kappa shape index (κ1) is 15.0. The third kappa shape index (κ3) is 4.97. The van der Waals surface area contributed by atoms with E-state index in [0.717, 1.165) is 17.9 Å². The average Bonchev–Trinajstić information content (AvgIpc) is 2.51. The molecule has 2 nitrogen and oxygen atoms in total. The van der Waals surface area contributed by atoms with Crippen LogP contribution in [0.1, 0.15) is 53.9 Å². The molecule has 3 atom stereocenters. The molecule has 1 rings (SSSR count). The summed E-state index contributed by atoms with van der Waals surface area (Å²) in [6, 6.07) is 1.43. The molecule has 3 unspecified atom stereocenters. The molecule has 0 aromatic carbocycles. The van der Waals surface area contributed by atoms with Crippen LogP contribution in [0.4, 0.5) is 0 Å². The van der Waals surface area contributed by atoms with Gasteiger partial charge in [0.15, 0.2) is 0 Å². The molecule has 1 aliphatic rings. The van der Waals surface area contributed by atoms with Gasteiger partial charge in [0.2, 0.25) is 0 Å². The fourth-order valence-electron chi connectivity index (χ4n) is 2.83. The molecule has 17 heavy (non-hydrogen) atoms. The van der Waals surface area contributed by atoms with Crippen LogP contribution < -0.4 is 5.32 Å². The van der Waals surface area contributed by atoms with E-state index < -0.39 is 0 Å². The smallest absolute Gasteiger partial charge is 0.0197 e. The van der Waals surface area contributed by atoms with Crippen molar-refractivity contribution in [3.05, 3.63) is 0 Å². The normalized spacial score (nSPS) is 26.8. The second kappa shape index (κ2) is 7.38. The van der Waals surface area contributed by atoms with Crippen molar-refractivity contribution in [3.8, 4) is 0 Å². The summed E-state index contributed by atoms with van der Waals surface area (Å²) in [5, 5.41) is 3.71. The molecule has 0 amide bonds. The van der Waals surface area contributed by atoms with Gasteiger partial charge < -0.3 is 5.32 Å². The quantitative estimate of drug-likeness (QED) is 0.794. The summed E-state index contributed by atoms with van der Waals surface area (Å²) in [5.41, 5.74) is 0. The van der Waals surface area contributed by atoms with E-state index in [-0.39, 0.29) is 0 Å². The van der Waals surface area contributed by atoms with Crippen LogP contribution in [0.5, 0.6) is 0 Å². The monoisotopic (exact) mass is 240 g/mol. The highest BCUT2D eigenvalue weighted by Gasteiger charge is 2.24. The molecule has 1 fully saturated rings. The Morgan fingerprint density at radius 1 is 1.24 bits per heavy atom. The predicted octanol–water partition coefficient (Wildman–Crippen LogP) is 3.13. The summed E-state index contributed by atoms with van der Waals surface area (Å²) < 4.78 is 0. The van der Waals surface area contributed by atoms with Crippen molar-refractivity contribution >= 4 is 0 Å². The molecule has 0 aromatic heterocycles. The summed E-state index contributed by atoms with van der Waals surface area (Å²) in [6.07, 6.45) is 3.90. The Morgan fingerprint density at radius 3 is 2.53 bits per heavy atom. The fourth-order valence-corrected chi connectivity index (χ4v) is 2.83. The van der Waals surface area contributed by atoms with Crippen LogP contribution in [-0.2, 0) is 0 Å². The van der Waals surface area contributed by atoms with Crippen LogP contribution in [-0.4, -0.2) is 36.6 Å². The Hall–Kier alpha value is -0.0800. The Bertz CT molecular complexity index is 203. The molecule has 102 valence electrons. The Morgan fingerprint density at radius 2 is 1.94 bits per heavy atom. The van der Waals surface area contributed by atoms with E-state index >= 15 is 0 Å². The molecule has 1 heterocycles. The maximum absolute atomic E-state index is 3.71. The minimum Gasteiger partial charge on any atom is -0.313 e. The minimum atomic E-state index is 0.698. The number of nitrogens with zero attached hydrogens (tertiary/aromatic N) is 1. The largest absolute Gasteiger partial charge is 0.313 e. The Balaban J connectivity index is 2.53. The number of nitrogens with one attached hydrogen (secondary N) is 1. The van der Waals surface area contributed by atoms with Crippen molar-refractivity contribution < 1.29 is 0 Å². The van der Waals surface area contributed by atoms with Gasteiger partial charge in [-0.05, 0) is 44.7 Å². The van der Waals surface area contributed by atoms with E-state index in [0.29, 0.717) is 6.04 Å². The zero-order chi connectivity index (χ0) is 12.8. The third-order valence-corrected chi connectivity index (χ3v) is 4.31. The van der Waals surface area contributed by atoms with Crippen LogP contribution in [0, 0.1) is 11.8 Å². The van der Waals surface area contributed by atoms with Gasteiger partial charge in [-0.25, -0.2) is 0 Å². The molecule has 0 radical (unpaired) electrons. The lowest BCUT2D eigenvalue weighted by molar-refractivity contribution is 0.152. The minimum absolute atomic E-state index is 0.698. The van der Waals surface area contributed by atoms with Gasteiger partial charge >= 0.3 is 0 Å². The van der Waals surface area contributed by atoms with E-state index in [1.54, 1.807) is 0 Å². The molecule has 0 aliphatic carbocycles. The molecular weight excluding hydrogens is 208 g/mol. The standard InChI is InChI=1S/C15H32N2/c1-6-13(4)14(5)17-9-7-8-16-15(11-17)10-12(2)3/h12-16H,6-11H2,1-5H3. The Labute approximate surface area is 108 Å². The Kier molecular flexibility index (Phi) is 6.50. The van der Waals surface area contributed by atoms with Gasteiger partial charge in [0.1, 0.15) is 0 Å². The second-order valence-corrected chi connectivity index (χ2v) is 6.26. The summed E-state index contributed by atoms with van der Waals surface area (Å²) in [6.45, 7) is 15.5. The van der Waals surface area contributed by atoms with E-state index in [1.807, 2.05) is 0 Å². The molecule has 1 N–H and O–H groups in total. The first-order valence-electron chi connectivity index (χ1n) is 7.52. The highest BCUT2D eigenvalue weighted by molar-refractivity contribution is 4.82. The number of hydrogen-bond acceptors (Lipinski definition) is 2. The van der Waals surface area contributed by atoms with Gasteiger partial charge in [-0.3, -0.25) is 4.90 Å². The second-order valence-electron chi connectivity index (χ2n) is 6.26. The highest BCUT2D eigenvalue weighted by atomic mass is 15.2. The first-order chi connectivity index (χ1) is 8.04. The predicted molar refractivity (Wildman–Crippen MR) is 76.4 cm³/mol. The third-order valence-electron chi connectivity index (χ3n) is 4.31. The number of hydrogen-bond donors (Lipinski definition) is 1. The molecular formula is C15H32N2. The zero-order valence-electron chi connectivity index (χ0n) is 12.5. The summed E-state index contributed by atoms with van der Waals surface area (Å²) in [4.78, 5) is 2.71. The van der Waals surface area contributed by atoms with Gasteiger partial charge in [-0.1, -0.05) is 34.1 Å². The van der Waals surface area contributed by atoms with Gasteiger partial charge in [-0.2, -0.15) is 0 Å². The molecule has 0 spiro atoms. The molecule has 0 saturated carbocycles. The molecule has 1 aliphatic heterocycles. The van der Waals surface area contributed by atoms with Crippen LogP contribution in [0.15, 0.2) is 0 Å². The van der Waals surface area contributed by atoms with Crippen molar-refractivity contribution in [3.63, 3.8) is 0 Å². The molecule has 0 aromatic rings. The summed E-state index contributed by atoms with van der Waals surface area (Å²) in [5.74, 6) is 1.61. The zero-order valence-corrected chi connectivity index (χ0v) is 12.5. The van der Waals surface area contributed by atoms with Crippen LogP contribution in [0.25, 0.3) is 0 Å². The SMILES string of the molecule is CCC(C)C(C)N1CCCNC(CC(C)C)C1. The van der Waals surface area contributed by atoms with Crippen LogP contribution in [0.2, 0.25) is 0 Å². The van der Waals surface area contributed by atoms with Crippen molar-refractivity contribution in [1.82, 2.24) is 10.2 Å². The maximum atomic E-state index is 3.71. The van der Waals surface area contributed by atoms with Gasteiger partial charge in [0.25, 0.3) is 0 Å². The lowest BCUT2D eigenvalue weighted by atomic mass is 9.97. The van der Waals surface area contributed by atoms with Crippen LogP contribution >= 0.6 is 0 Å². The lowest BCUT2D eigenvalue weighted by Crippen LogP contribution is -2.44. The van der Waals surface area contributed by atoms with E-state index in [2.05, 4.69) is 44.8 Å². The van der Waals surface area contributed by atoms with E-state index in [4.69, 9.17) is 0 Å². The summed E-state index contributed by atoms with van der Waals surface area (Å²) >= 11 is 0. The topological polar surface area (TPSA) is 15.3 Å².